The van der Waals surface area contributed by atoms with Gasteiger partial charge in [-0.05, 0) is 54.6 Å². The normalized spacial score (nSPS) is 10.8. The summed E-state index contributed by atoms with van der Waals surface area (Å²) in [6.45, 7) is 4.15. The number of aromatic nitrogens is 6. The lowest BCUT2D eigenvalue weighted by Crippen LogP contribution is -2.23. The number of nitrogens with one attached hydrogen (secondary N) is 2. The van der Waals surface area contributed by atoms with Gasteiger partial charge in [0.25, 0.3) is 11.5 Å². The van der Waals surface area contributed by atoms with Gasteiger partial charge < -0.3 is 10.6 Å². The van der Waals surface area contributed by atoms with Gasteiger partial charge in [0.1, 0.15) is 0 Å². The highest BCUT2D eigenvalue weighted by atomic mass is 32.2. The first-order chi connectivity index (χ1) is 16.9. The molecule has 12 heteroatoms. The minimum absolute atomic E-state index is 0.00448. The van der Waals surface area contributed by atoms with Crippen LogP contribution < -0.4 is 16.2 Å². The lowest BCUT2D eigenvalue weighted by Gasteiger charge is -2.08. The van der Waals surface area contributed by atoms with Gasteiger partial charge in [-0.2, -0.15) is 4.68 Å². The van der Waals surface area contributed by atoms with Gasteiger partial charge in [0.05, 0.1) is 17.1 Å². The Morgan fingerprint density at radius 3 is 2.60 bits per heavy atom. The van der Waals surface area contributed by atoms with Gasteiger partial charge in [-0.3, -0.25) is 19.1 Å². The second-order valence-corrected chi connectivity index (χ2v) is 8.50. The van der Waals surface area contributed by atoms with Crippen LogP contribution in [0.5, 0.6) is 0 Å². The van der Waals surface area contributed by atoms with Crippen LogP contribution in [0, 0.1) is 6.92 Å². The van der Waals surface area contributed by atoms with Crippen molar-refractivity contribution in [2.75, 3.05) is 17.6 Å². The minimum Gasteiger partial charge on any atom is -0.352 e. The highest BCUT2D eigenvalue weighted by Gasteiger charge is 2.22. The number of anilines is 1. The lowest BCUT2D eigenvalue weighted by atomic mass is 10.2. The van der Waals surface area contributed by atoms with Crippen LogP contribution >= 0.6 is 11.8 Å². The van der Waals surface area contributed by atoms with Crippen LogP contribution in [-0.4, -0.2) is 53.7 Å². The van der Waals surface area contributed by atoms with Crippen molar-refractivity contribution in [3.05, 3.63) is 76.2 Å². The van der Waals surface area contributed by atoms with E-state index in [0.29, 0.717) is 40.0 Å². The van der Waals surface area contributed by atoms with Gasteiger partial charge in [-0.15, -0.1) is 5.10 Å². The zero-order valence-electron chi connectivity index (χ0n) is 19.4. The highest BCUT2D eigenvalue weighted by molar-refractivity contribution is 7.99. The molecule has 0 radical (unpaired) electrons. The molecule has 0 saturated carbocycles. The standard InChI is InChI=1S/C23H24N8O3S/c1-4-24-21(33)16-9-8-10-17(13-16)25-19(32)14-35-23-26-27-28-30(23)20-15(2)29(3)31(22(20)34)18-11-6-5-7-12-18/h5-13H,4,14H2,1-3H3,(H,24,33)(H,25,32). The first-order valence-corrected chi connectivity index (χ1v) is 11.8. The molecule has 11 nitrogen and oxygen atoms in total. The summed E-state index contributed by atoms with van der Waals surface area (Å²) < 4.78 is 4.62. The van der Waals surface area contributed by atoms with Crippen LogP contribution in [0.2, 0.25) is 0 Å². The summed E-state index contributed by atoms with van der Waals surface area (Å²) in [7, 11) is 1.78. The highest BCUT2D eigenvalue weighted by Crippen LogP contribution is 2.20. The summed E-state index contributed by atoms with van der Waals surface area (Å²) in [5.74, 6) is -0.509. The third kappa shape index (κ3) is 5.01. The SMILES string of the molecule is CCNC(=O)c1cccc(NC(=O)CSc2nnnn2-c2c(C)n(C)n(-c3ccccc3)c2=O)c1. The van der Waals surface area contributed by atoms with Crippen molar-refractivity contribution < 1.29 is 9.59 Å². The average Bonchev–Trinajstić information content (AvgIpc) is 3.40. The third-order valence-electron chi connectivity index (χ3n) is 5.25. The van der Waals surface area contributed by atoms with Crippen molar-refractivity contribution in [3.63, 3.8) is 0 Å². The van der Waals surface area contributed by atoms with Gasteiger partial charge in [-0.25, -0.2) is 4.68 Å². The number of hydrogen-bond donors (Lipinski definition) is 2. The zero-order valence-corrected chi connectivity index (χ0v) is 20.2. The summed E-state index contributed by atoms with van der Waals surface area (Å²) in [6, 6.07) is 15.9. The molecular formula is C23H24N8O3S. The van der Waals surface area contributed by atoms with Crippen LogP contribution in [0.1, 0.15) is 23.0 Å². The number of para-hydroxylation sites is 1. The molecule has 2 aromatic carbocycles. The Hall–Kier alpha value is -4.19. The molecule has 4 rings (SSSR count). The molecule has 0 aliphatic rings. The fourth-order valence-electron chi connectivity index (χ4n) is 3.54. The average molecular weight is 493 g/mol. The van der Waals surface area contributed by atoms with E-state index in [-0.39, 0.29) is 23.1 Å². The van der Waals surface area contributed by atoms with Gasteiger partial charge >= 0.3 is 0 Å². The van der Waals surface area contributed by atoms with E-state index >= 15 is 0 Å². The van der Waals surface area contributed by atoms with Crippen LogP contribution in [0.25, 0.3) is 11.4 Å². The maximum absolute atomic E-state index is 13.3. The third-order valence-corrected chi connectivity index (χ3v) is 6.17. The van der Waals surface area contributed by atoms with Crippen molar-refractivity contribution in [2.24, 2.45) is 7.05 Å². The summed E-state index contributed by atoms with van der Waals surface area (Å²) >= 11 is 1.10. The topological polar surface area (TPSA) is 129 Å². The molecule has 180 valence electrons. The number of benzene rings is 2. The molecule has 0 saturated heterocycles. The van der Waals surface area contributed by atoms with E-state index in [4.69, 9.17) is 0 Å². The summed E-state index contributed by atoms with van der Waals surface area (Å²) in [6.07, 6.45) is 0. The number of carbonyl (C=O) groups is 2. The maximum Gasteiger partial charge on any atom is 0.297 e. The zero-order chi connectivity index (χ0) is 24.9. The van der Waals surface area contributed by atoms with Crippen LogP contribution in [0.3, 0.4) is 0 Å². The molecule has 2 aromatic heterocycles. The lowest BCUT2D eigenvalue weighted by molar-refractivity contribution is -0.113. The Kier molecular flexibility index (Phi) is 7.11. The number of tetrazole rings is 1. The van der Waals surface area contributed by atoms with E-state index in [9.17, 15) is 14.4 Å². The second kappa shape index (κ2) is 10.4. The van der Waals surface area contributed by atoms with Crippen molar-refractivity contribution >= 4 is 29.3 Å². The van der Waals surface area contributed by atoms with Crippen LogP contribution in [0.15, 0.2) is 64.5 Å². The molecule has 0 atom stereocenters. The number of rotatable bonds is 8. The maximum atomic E-state index is 13.3. The van der Waals surface area contributed by atoms with Crippen molar-refractivity contribution in [1.82, 2.24) is 34.9 Å². The van der Waals surface area contributed by atoms with E-state index in [0.717, 1.165) is 11.8 Å². The Bertz CT molecular complexity index is 1420. The molecule has 0 bridgehead atoms. The Labute approximate surface area is 205 Å². The molecule has 2 heterocycles. The largest absolute Gasteiger partial charge is 0.352 e. The van der Waals surface area contributed by atoms with Gasteiger partial charge in [0.15, 0.2) is 5.69 Å². The molecule has 2 amide bonds. The van der Waals surface area contributed by atoms with Gasteiger partial charge in [0, 0.05) is 24.8 Å². The Balaban J connectivity index is 1.51. The summed E-state index contributed by atoms with van der Waals surface area (Å²) in [5, 5.41) is 17.5. The molecule has 0 spiro atoms. The molecule has 0 aliphatic carbocycles. The van der Waals surface area contributed by atoms with E-state index in [2.05, 4.69) is 26.2 Å². The number of nitrogens with zero attached hydrogens (tertiary/aromatic N) is 6. The summed E-state index contributed by atoms with van der Waals surface area (Å²) in [5.41, 5.74) is 2.36. The smallest absolute Gasteiger partial charge is 0.297 e. The van der Waals surface area contributed by atoms with E-state index in [1.54, 1.807) is 42.9 Å². The molecule has 4 aromatic rings. The monoisotopic (exact) mass is 492 g/mol. The van der Waals surface area contributed by atoms with E-state index < -0.39 is 0 Å². The first-order valence-electron chi connectivity index (χ1n) is 10.8. The first kappa shape index (κ1) is 24.0. The van der Waals surface area contributed by atoms with Crippen molar-refractivity contribution in [2.45, 2.75) is 19.0 Å². The Morgan fingerprint density at radius 1 is 1.09 bits per heavy atom. The fraction of sp³-hybridized carbons (Fsp3) is 0.217. The molecule has 35 heavy (non-hydrogen) atoms. The molecular weight excluding hydrogens is 468 g/mol. The quantitative estimate of drug-likeness (QED) is 0.360. The predicted molar refractivity (Wildman–Crippen MR) is 132 cm³/mol. The van der Waals surface area contributed by atoms with Crippen LogP contribution in [-0.2, 0) is 11.8 Å². The number of hydrogen-bond acceptors (Lipinski definition) is 7. The van der Waals surface area contributed by atoms with Crippen molar-refractivity contribution in [1.29, 1.82) is 0 Å². The predicted octanol–water partition coefficient (Wildman–Crippen LogP) is 1.94. The molecule has 0 fully saturated rings. The number of amides is 2. The number of carbonyl (C=O) groups excluding carboxylic acids is 2. The van der Waals surface area contributed by atoms with E-state index in [1.807, 2.05) is 37.3 Å². The fourth-order valence-corrected chi connectivity index (χ4v) is 4.21. The molecule has 0 unspecified atom stereocenters. The molecule has 2 N–H and O–H groups in total. The second-order valence-electron chi connectivity index (χ2n) is 7.56. The van der Waals surface area contributed by atoms with Gasteiger partial charge in [-0.1, -0.05) is 36.0 Å². The number of thioether (sulfide) groups is 1. The Morgan fingerprint density at radius 2 is 1.86 bits per heavy atom. The minimum atomic E-state index is -0.302. The summed E-state index contributed by atoms with van der Waals surface area (Å²) in [4.78, 5) is 37.9. The van der Waals surface area contributed by atoms with Crippen LogP contribution in [0.4, 0.5) is 5.69 Å². The van der Waals surface area contributed by atoms with E-state index in [1.165, 1.54) is 9.36 Å². The molecule has 0 aliphatic heterocycles. The van der Waals surface area contributed by atoms with Crippen molar-refractivity contribution in [3.8, 4) is 11.4 Å². The van der Waals surface area contributed by atoms with Gasteiger partial charge in [0.2, 0.25) is 11.1 Å².